The Labute approximate surface area is 214 Å². The maximum Gasteiger partial charge on any atom is 0.187 e. The van der Waals surface area contributed by atoms with Crippen LogP contribution in [0, 0.1) is 0 Å². The average Bonchev–Trinajstić information content (AvgIpc) is 2.92. The molecule has 6 heteroatoms. The number of hydrogen-bond acceptors (Lipinski definition) is 6. The van der Waals surface area contributed by atoms with Gasteiger partial charge in [0.15, 0.2) is 5.78 Å². The van der Waals surface area contributed by atoms with Crippen LogP contribution in [-0.4, -0.2) is 82.4 Å². The van der Waals surface area contributed by atoms with Crippen LogP contribution in [0.2, 0.25) is 0 Å². The van der Waals surface area contributed by atoms with Crippen molar-refractivity contribution in [2.45, 2.75) is 19.9 Å². The summed E-state index contributed by atoms with van der Waals surface area (Å²) < 4.78 is 10.9. The summed E-state index contributed by atoms with van der Waals surface area (Å²) in [5.41, 5.74) is 6.25. The van der Waals surface area contributed by atoms with Gasteiger partial charge in [0, 0.05) is 67.8 Å². The Morgan fingerprint density at radius 2 is 1.06 bits per heavy atom. The molecular weight excluding hydrogens is 450 g/mol. The quantitative estimate of drug-likeness (QED) is 0.592. The third-order valence-corrected chi connectivity index (χ3v) is 7.28. The Morgan fingerprint density at radius 1 is 0.667 bits per heavy atom. The number of hydrogen-bond donors (Lipinski definition) is 0. The summed E-state index contributed by atoms with van der Waals surface area (Å²) in [5, 5.41) is 0. The number of carbonyl (C=O) groups excluding carboxylic acids is 1. The average molecular weight is 488 g/mol. The van der Waals surface area contributed by atoms with Crippen molar-refractivity contribution in [3.05, 3.63) is 70.8 Å². The molecular formula is C30H37N3O3. The van der Waals surface area contributed by atoms with E-state index in [9.17, 15) is 4.79 Å². The number of morpholine rings is 2. The third kappa shape index (κ3) is 5.89. The second kappa shape index (κ2) is 11.4. The summed E-state index contributed by atoms with van der Waals surface area (Å²) in [4.78, 5) is 20.6. The summed E-state index contributed by atoms with van der Waals surface area (Å²) in [5.74, 6) is 0.154. The van der Waals surface area contributed by atoms with Crippen LogP contribution >= 0.6 is 0 Å². The van der Waals surface area contributed by atoms with Crippen LogP contribution in [0.4, 0.5) is 11.4 Å². The Morgan fingerprint density at radius 3 is 1.42 bits per heavy atom. The SMILES string of the molecule is CC(C)N1C/C(=C\c2ccc(N3CCOCC3)cc2)C(=O)/C(=C/c2ccc(N3CCOCC3)cc2)C1. The number of carbonyl (C=O) groups is 1. The molecule has 2 aromatic carbocycles. The summed E-state index contributed by atoms with van der Waals surface area (Å²) in [6.45, 7) is 12.5. The van der Waals surface area contributed by atoms with Crippen molar-refractivity contribution in [1.82, 2.24) is 4.90 Å². The van der Waals surface area contributed by atoms with Gasteiger partial charge in [0.05, 0.1) is 26.4 Å². The molecule has 0 N–H and O–H groups in total. The number of benzene rings is 2. The number of piperidine rings is 1. The first-order valence-electron chi connectivity index (χ1n) is 13.1. The minimum Gasteiger partial charge on any atom is -0.378 e. The van der Waals surface area contributed by atoms with Gasteiger partial charge in [-0.15, -0.1) is 0 Å². The van der Waals surface area contributed by atoms with Gasteiger partial charge >= 0.3 is 0 Å². The number of rotatable bonds is 5. The number of Topliss-reactive ketones (excluding diaryl/α,β-unsaturated/α-hetero) is 1. The zero-order valence-corrected chi connectivity index (χ0v) is 21.5. The van der Waals surface area contributed by atoms with Gasteiger partial charge in [0.1, 0.15) is 0 Å². The lowest BCUT2D eigenvalue weighted by atomic mass is 9.93. The molecule has 3 saturated heterocycles. The smallest absolute Gasteiger partial charge is 0.187 e. The van der Waals surface area contributed by atoms with Gasteiger partial charge in [-0.3, -0.25) is 9.69 Å². The molecule has 5 rings (SSSR count). The monoisotopic (exact) mass is 487 g/mol. The van der Waals surface area contributed by atoms with E-state index in [2.05, 4.69) is 89.2 Å². The highest BCUT2D eigenvalue weighted by Crippen LogP contribution is 2.26. The minimum atomic E-state index is 0.154. The molecule has 0 saturated carbocycles. The molecule has 3 heterocycles. The van der Waals surface area contributed by atoms with Gasteiger partial charge in [-0.2, -0.15) is 0 Å². The standard InChI is InChI=1S/C30H37N3O3/c1-23(2)33-21-26(19-24-3-7-28(8-4-24)31-11-15-35-16-12-31)30(34)27(22-33)20-25-5-9-29(10-6-25)32-13-17-36-18-14-32/h3-10,19-20,23H,11-18,21-22H2,1-2H3/b26-19+,27-20+. The van der Waals surface area contributed by atoms with E-state index < -0.39 is 0 Å². The number of likely N-dealkylation sites (tertiary alicyclic amines) is 1. The predicted molar refractivity (Wildman–Crippen MR) is 147 cm³/mol. The predicted octanol–water partition coefficient (Wildman–Crippen LogP) is 4.12. The van der Waals surface area contributed by atoms with Crippen LogP contribution in [-0.2, 0) is 14.3 Å². The van der Waals surface area contributed by atoms with Crippen LogP contribution in [0.25, 0.3) is 12.2 Å². The van der Waals surface area contributed by atoms with Crippen molar-refractivity contribution in [1.29, 1.82) is 0 Å². The lowest BCUT2D eigenvalue weighted by Gasteiger charge is -2.33. The Bertz CT molecular complexity index is 1010. The van der Waals surface area contributed by atoms with Crippen LogP contribution in [0.1, 0.15) is 25.0 Å². The molecule has 3 aliphatic heterocycles. The maximum absolute atomic E-state index is 13.5. The van der Waals surface area contributed by atoms with Gasteiger partial charge < -0.3 is 19.3 Å². The first-order chi connectivity index (χ1) is 17.6. The summed E-state index contributed by atoms with van der Waals surface area (Å²) in [6, 6.07) is 17.4. The van der Waals surface area contributed by atoms with Crippen molar-refractivity contribution in [3.8, 4) is 0 Å². The largest absolute Gasteiger partial charge is 0.378 e. The van der Waals surface area contributed by atoms with Crippen molar-refractivity contribution < 1.29 is 14.3 Å². The molecule has 3 fully saturated rings. The molecule has 6 nitrogen and oxygen atoms in total. The molecule has 0 aliphatic carbocycles. The Kier molecular flexibility index (Phi) is 7.85. The first-order valence-corrected chi connectivity index (χ1v) is 13.1. The van der Waals surface area contributed by atoms with E-state index in [0.29, 0.717) is 19.1 Å². The van der Waals surface area contributed by atoms with E-state index in [-0.39, 0.29) is 5.78 Å². The molecule has 3 aliphatic rings. The molecule has 0 atom stereocenters. The number of ether oxygens (including phenoxy) is 2. The summed E-state index contributed by atoms with van der Waals surface area (Å²) in [7, 11) is 0. The van der Waals surface area contributed by atoms with E-state index >= 15 is 0 Å². The fourth-order valence-corrected chi connectivity index (χ4v) is 5.04. The number of nitrogens with zero attached hydrogens (tertiary/aromatic N) is 3. The van der Waals surface area contributed by atoms with E-state index in [1.807, 2.05) is 0 Å². The van der Waals surface area contributed by atoms with E-state index in [0.717, 1.165) is 74.9 Å². The Balaban J connectivity index is 1.35. The van der Waals surface area contributed by atoms with Crippen molar-refractivity contribution in [2.24, 2.45) is 0 Å². The second-order valence-corrected chi connectivity index (χ2v) is 10.0. The Hall–Kier alpha value is -2.93. The lowest BCUT2D eigenvalue weighted by Crippen LogP contribution is -2.41. The molecule has 0 amide bonds. The summed E-state index contributed by atoms with van der Waals surface area (Å²) in [6.07, 6.45) is 4.13. The van der Waals surface area contributed by atoms with Crippen LogP contribution in [0.15, 0.2) is 59.7 Å². The van der Waals surface area contributed by atoms with Crippen LogP contribution in [0.3, 0.4) is 0 Å². The van der Waals surface area contributed by atoms with Gasteiger partial charge in [0.25, 0.3) is 0 Å². The molecule has 2 aromatic rings. The van der Waals surface area contributed by atoms with E-state index in [4.69, 9.17) is 9.47 Å². The van der Waals surface area contributed by atoms with E-state index in [1.54, 1.807) is 0 Å². The molecule has 0 bridgehead atoms. The second-order valence-electron chi connectivity index (χ2n) is 10.0. The summed E-state index contributed by atoms with van der Waals surface area (Å²) >= 11 is 0. The van der Waals surface area contributed by atoms with Gasteiger partial charge in [-0.05, 0) is 61.4 Å². The van der Waals surface area contributed by atoms with Crippen molar-refractivity contribution in [2.75, 3.05) is 75.5 Å². The third-order valence-electron chi connectivity index (χ3n) is 7.28. The highest BCUT2D eigenvalue weighted by Gasteiger charge is 2.27. The molecule has 36 heavy (non-hydrogen) atoms. The highest BCUT2D eigenvalue weighted by atomic mass is 16.5. The first kappa shape index (κ1) is 24.8. The van der Waals surface area contributed by atoms with E-state index in [1.165, 1.54) is 11.4 Å². The van der Waals surface area contributed by atoms with Crippen LogP contribution < -0.4 is 9.80 Å². The van der Waals surface area contributed by atoms with Crippen molar-refractivity contribution in [3.63, 3.8) is 0 Å². The fourth-order valence-electron chi connectivity index (χ4n) is 5.04. The molecule has 0 unspecified atom stereocenters. The van der Waals surface area contributed by atoms with Crippen LogP contribution in [0.5, 0.6) is 0 Å². The van der Waals surface area contributed by atoms with Gasteiger partial charge in [-0.1, -0.05) is 24.3 Å². The zero-order chi connectivity index (χ0) is 24.9. The normalized spacial score (nSPS) is 22.1. The van der Waals surface area contributed by atoms with Gasteiger partial charge in [-0.25, -0.2) is 0 Å². The van der Waals surface area contributed by atoms with Gasteiger partial charge in [0.2, 0.25) is 0 Å². The molecule has 190 valence electrons. The molecule has 0 radical (unpaired) electrons. The maximum atomic E-state index is 13.5. The number of anilines is 2. The topological polar surface area (TPSA) is 45.2 Å². The zero-order valence-electron chi connectivity index (χ0n) is 21.5. The fraction of sp³-hybridized carbons (Fsp3) is 0.433. The minimum absolute atomic E-state index is 0.154. The lowest BCUT2D eigenvalue weighted by molar-refractivity contribution is -0.113. The molecule has 0 aromatic heterocycles. The van der Waals surface area contributed by atoms with Crippen molar-refractivity contribution >= 4 is 29.3 Å². The number of ketones is 1. The highest BCUT2D eigenvalue weighted by molar-refractivity contribution is 6.14. The molecule has 0 spiro atoms.